The molecule has 0 aliphatic heterocycles. The lowest BCUT2D eigenvalue weighted by molar-refractivity contribution is -0.387. The zero-order chi connectivity index (χ0) is 11.6. The molecule has 0 aliphatic carbocycles. The fourth-order valence-corrected chi connectivity index (χ4v) is 1.29. The van der Waals surface area contributed by atoms with Crippen molar-refractivity contribution in [3.8, 4) is 0 Å². The van der Waals surface area contributed by atoms with Crippen molar-refractivity contribution in [3.63, 3.8) is 0 Å². The first kappa shape index (κ1) is 11.4. The molecular weight excluding hydrogens is 208 g/mol. The Labute approximate surface area is 84.1 Å². The second kappa shape index (κ2) is 4.26. The van der Waals surface area contributed by atoms with Crippen molar-refractivity contribution in [2.24, 2.45) is 5.73 Å². The summed E-state index contributed by atoms with van der Waals surface area (Å²) in [5.41, 5.74) is 3.90. The predicted octanol–water partition coefficient (Wildman–Crippen LogP) is 1.69. The molecule has 1 aromatic heterocycles. The van der Waals surface area contributed by atoms with Crippen molar-refractivity contribution in [3.05, 3.63) is 33.1 Å². The van der Waals surface area contributed by atoms with E-state index < -0.39 is 22.6 Å². The Kier molecular flexibility index (Phi) is 3.25. The first-order chi connectivity index (χ1) is 6.99. The molecule has 0 fully saturated rings. The molecule has 0 spiro atoms. The maximum absolute atomic E-state index is 12.6. The van der Waals surface area contributed by atoms with E-state index in [1.165, 1.54) is 6.92 Å². The van der Waals surface area contributed by atoms with Crippen molar-refractivity contribution in [1.82, 2.24) is 4.98 Å². The Morgan fingerprint density at radius 3 is 2.67 bits per heavy atom. The molecule has 15 heavy (non-hydrogen) atoms. The summed E-state index contributed by atoms with van der Waals surface area (Å²) in [6.45, 7) is 1.11. The number of nitrogens with two attached hydrogens (primary N) is 1. The second-order valence-corrected chi connectivity index (χ2v) is 2.89. The van der Waals surface area contributed by atoms with Crippen molar-refractivity contribution in [2.75, 3.05) is 0 Å². The van der Waals surface area contributed by atoms with Crippen molar-refractivity contribution >= 4 is 5.69 Å². The van der Waals surface area contributed by atoms with E-state index in [2.05, 4.69) is 4.98 Å². The Hall–Kier alpha value is -1.63. The van der Waals surface area contributed by atoms with E-state index in [4.69, 9.17) is 5.73 Å². The Morgan fingerprint density at radius 1 is 1.67 bits per heavy atom. The number of rotatable bonds is 3. The summed E-state index contributed by atoms with van der Waals surface area (Å²) in [5.74, 6) is 0. The summed E-state index contributed by atoms with van der Waals surface area (Å²) in [6, 6.07) is 0. The van der Waals surface area contributed by atoms with Crippen molar-refractivity contribution in [2.45, 2.75) is 19.9 Å². The van der Waals surface area contributed by atoms with Crippen LogP contribution in [0.15, 0.2) is 6.20 Å². The van der Waals surface area contributed by atoms with Crippen LogP contribution in [-0.2, 0) is 6.54 Å². The molecule has 82 valence electrons. The van der Waals surface area contributed by atoms with Crippen LogP contribution in [-0.4, -0.2) is 9.91 Å². The first-order valence-electron chi connectivity index (χ1n) is 4.10. The molecule has 1 aromatic rings. The zero-order valence-electron chi connectivity index (χ0n) is 7.91. The molecule has 2 N–H and O–H groups in total. The number of halogens is 2. The number of aromatic nitrogens is 1. The van der Waals surface area contributed by atoms with Gasteiger partial charge in [-0.05, 0) is 12.5 Å². The molecule has 1 rings (SSSR count). The van der Waals surface area contributed by atoms with E-state index in [9.17, 15) is 18.9 Å². The molecular formula is C8H9F2N3O2. The van der Waals surface area contributed by atoms with Crippen LogP contribution in [0.1, 0.15) is 23.2 Å². The van der Waals surface area contributed by atoms with Crippen LogP contribution in [0.5, 0.6) is 0 Å². The van der Waals surface area contributed by atoms with Crippen LogP contribution in [0.2, 0.25) is 0 Å². The van der Waals surface area contributed by atoms with Gasteiger partial charge in [0.1, 0.15) is 11.3 Å². The van der Waals surface area contributed by atoms with Gasteiger partial charge in [-0.15, -0.1) is 0 Å². The van der Waals surface area contributed by atoms with Crippen LogP contribution in [0.4, 0.5) is 14.5 Å². The van der Waals surface area contributed by atoms with Gasteiger partial charge in [-0.1, -0.05) is 0 Å². The average Bonchev–Trinajstić information content (AvgIpc) is 2.16. The number of pyridine rings is 1. The number of nitrogens with zero attached hydrogens (tertiary/aromatic N) is 2. The smallest absolute Gasteiger partial charge is 0.299 e. The quantitative estimate of drug-likeness (QED) is 0.617. The summed E-state index contributed by atoms with van der Waals surface area (Å²) < 4.78 is 25.3. The number of hydrogen-bond acceptors (Lipinski definition) is 4. The summed E-state index contributed by atoms with van der Waals surface area (Å²) in [7, 11) is 0. The molecule has 0 aromatic carbocycles. The molecule has 0 radical (unpaired) electrons. The highest BCUT2D eigenvalue weighted by molar-refractivity contribution is 5.48. The van der Waals surface area contributed by atoms with Crippen LogP contribution in [0.25, 0.3) is 0 Å². The van der Waals surface area contributed by atoms with Gasteiger partial charge >= 0.3 is 0 Å². The monoisotopic (exact) mass is 217 g/mol. The van der Waals surface area contributed by atoms with E-state index >= 15 is 0 Å². The lowest BCUT2D eigenvalue weighted by Crippen LogP contribution is -2.08. The number of alkyl halides is 2. The Balaban J connectivity index is 3.51. The van der Waals surface area contributed by atoms with Gasteiger partial charge in [0.2, 0.25) is 0 Å². The Bertz CT molecular complexity index is 396. The minimum absolute atomic E-state index is 0.00213. The van der Waals surface area contributed by atoms with Crippen molar-refractivity contribution in [1.29, 1.82) is 0 Å². The SMILES string of the molecule is Cc1ncc(CN)c(C(F)F)c1[N+](=O)[O-]. The van der Waals surface area contributed by atoms with E-state index in [1.54, 1.807) is 0 Å². The Morgan fingerprint density at radius 2 is 2.27 bits per heavy atom. The third-order valence-electron chi connectivity index (χ3n) is 1.98. The predicted molar refractivity (Wildman–Crippen MR) is 48.5 cm³/mol. The van der Waals surface area contributed by atoms with E-state index in [1.807, 2.05) is 0 Å². The molecule has 1 heterocycles. The van der Waals surface area contributed by atoms with Gasteiger partial charge in [-0.2, -0.15) is 0 Å². The summed E-state index contributed by atoms with van der Waals surface area (Å²) >= 11 is 0. The van der Waals surface area contributed by atoms with Gasteiger partial charge < -0.3 is 5.73 Å². The summed E-state index contributed by atoms with van der Waals surface area (Å²) in [6.07, 6.45) is -1.78. The molecule has 0 aliphatic rings. The molecule has 0 atom stereocenters. The molecule has 0 saturated heterocycles. The van der Waals surface area contributed by atoms with Crippen LogP contribution in [0, 0.1) is 17.0 Å². The lowest BCUT2D eigenvalue weighted by Gasteiger charge is -2.08. The third-order valence-corrected chi connectivity index (χ3v) is 1.98. The maximum atomic E-state index is 12.6. The molecule has 0 unspecified atom stereocenters. The molecule has 0 amide bonds. The van der Waals surface area contributed by atoms with Gasteiger partial charge in [-0.25, -0.2) is 8.78 Å². The van der Waals surface area contributed by atoms with E-state index in [0.29, 0.717) is 0 Å². The first-order valence-corrected chi connectivity index (χ1v) is 4.10. The van der Waals surface area contributed by atoms with Crippen LogP contribution in [0.3, 0.4) is 0 Å². The van der Waals surface area contributed by atoms with Crippen molar-refractivity contribution < 1.29 is 13.7 Å². The minimum Gasteiger partial charge on any atom is -0.326 e. The largest absolute Gasteiger partial charge is 0.326 e. The van der Waals surface area contributed by atoms with E-state index in [-0.39, 0.29) is 17.8 Å². The van der Waals surface area contributed by atoms with Gasteiger partial charge in [0.05, 0.1) is 4.92 Å². The zero-order valence-corrected chi connectivity index (χ0v) is 7.91. The van der Waals surface area contributed by atoms with Gasteiger partial charge in [0.25, 0.3) is 12.1 Å². The number of aryl methyl sites for hydroxylation is 1. The standard InChI is InChI=1S/C8H9F2N3O2/c1-4-7(13(14)15)6(8(9)10)5(2-11)3-12-4/h3,8H,2,11H2,1H3. The normalized spacial score (nSPS) is 10.7. The summed E-state index contributed by atoms with van der Waals surface area (Å²) in [4.78, 5) is 13.4. The topological polar surface area (TPSA) is 82.0 Å². The lowest BCUT2D eigenvalue weighted by atomic mass is 10.1. The van der Waals surface area contributed by atoms with Gasteiger partial charge in [0, 0.05) is 12.7 Å². The highest BCUT2D eigenvalue weighted by Crippen LogP contribution is 2.33. The maximum Gasteiger partial charge on any atom is 0.299 e. The minimum atomic E-state index is -2.93. The molecule has 5 nitrogen and oxygen atoms in total. The van der Waals surface area contributed by atoms with Gasteiger partial charge in [0.15, 0.2) is 0 Å². The third kappa shape index (κ3) is 2.07. The molecule has 7 heteroatoms. The average molecular weight is 217 g/mol. The highest BCUT2D eigenvalue weighted by Gasteiger charge is 2.27. The molecule has 0 saturated carbocycles. The van der Waals surface area contributed by atoms with Gasteiger partial charge in [-0.3, -0.25) is 15.1 Å². The number of nitro groups is 1. The van der Waals surface area contributed by atoms with Crippen LogP contribution < -0.4 is 5.73 Å². The highest BCUT2D eigenvalue weighted by atomic mass is 19.3. The second-order valence-electron chi connectivity index (χ2n) is 2.89. The van der Waals surface area contributed by atoms with Crippen LogP contribution >= 0.6 is 0 Å². The van der Waals surface area contributed by atoms with E-state index in [0.717, 1.165) is 6.20 Å². The molecule has 0 bridgehead atoms. The summed E-state index contributed by atoms with van der Waals surface area (Å²) in [5, 5.41) is 10.6. The fraction of sp³-hybridized carbons (Fsp3) is 0.375. The number of hydrogen-bond donors (Lipinski definition) is 1. The fourth-order valence-electron chi connectivity index (χ4n) is 1.29.